The molecule has 0 aromatic heterocycles. The lowest BCUT2D eigenvalue weighted by Crippen LogP contribution is -2.50. The van der Waals surface area contributed by atoms with Gasteiger partial charge in [-0.25, -0.2) is 0 Å². The summed E-state index contributed by atoms with van der Waals surface area (Å²) in [5, 5.41) is 11.3. The molecule has 1 fully saturated rings. The van der Waals surface area contributed by atoms with Crippen LogP contribution in [0.4, 0.5) is 0 Å². The van der Waals surface area contributed by atoms with E-state index in [9.17, 15) is 9.59 Å². The van der Waals surface area contributed by atoms with Crippen molar-refractivity contribution in [1.29, 1.82) is 0 Å². The summed E-state index contributed by atoms with van der Waals surface area (Å²) in [6, 6.07) is -0.827. The van der Waals surface area contributed by atoms with E-state index >= 15 is 0 Å². The van der Waals surface area contributed by atoms with Gasteiger partial charge in [0.25, 0.3) is 0 Å². The second-order valence-electron chi connectivity index (χ2n) is 4.61. The molecular formula is C12H21NO4. The zero-order valence-corrected chi connectivity index (χ0v) is 10.5. The maximum Gasteiger partial charge on any atom is 0.325 e. The Morgan fingerprint density at radius 1 is 1.47 bits per heavy atom. The lowest BCUT2D eigenvalue weighted by Gasteiger charge is -2.40. The highest BCUT2D eigenvalue weighted by atomic mass is 16.5. The van der Waals surface area contributed by atoms with Gasteiger partial charge in [-0.2, -0.15) is 0 Å². The van der Waals surface area contributed by atoms with Crippen molar-refractivity contribution in [3.8, 4) is 0 Å². The van der Waals surface area contributed by atoms with Gasteiger partial charge in [0.2, 0.25) is 5.91 Å². The highest BCUT2D eigenvalue weighted by Gasteiger charge is 2.44. The van der Waals surface area contributed by atoms with Crippen molar-refractivity contribution in [1.82, 2.24) is 5.32 Å². The number of aliphatic carboxylic acids is 1. The first-order valence-electron chi connectivity index (χ1n) is 6.13. The first kappa shape index (κ1) is 14.0. The van der Waals surface area contributed by atoms with E-state index in [1.54, 1.807) is 0 Å². The lowest BCUT2D eigenvalue weighted by molar-refractivity contribution is -0.146. The highest BCUT2D eigenvalue weighted by molar-refractivity contribution is 5.87. The lowest BCUT2D eigenvalue weighted by atomic mass is 9.66. The third-order valence-corrected chi connectivity index (χ3v) is 3.44. The third kappa shape index (κ3) is 3.43. The van der Waals surface area contributed by atoms with Crippen molar-refractivity contribution in [3.05, 3.63) is 0 Å². The van der Waals surface area contributed by atoms with Crippen LogP contribution in [0, 0.1) is 5.41 Å². The van der Waals surface area contributed by atoms with Crippen LogP contribution in [-0.4, -0.2) is 36.2 Å². The number of hydrogen-bond donors (Lipinski definition) is 2. The normalized spacial score (nSPS) is 19.2. The first-order chi connectivity index (χ1) is 8.02. The largest absolute Gasteiger partial charge is 0.480 e. The number of carboxylic acids is 1. The summed E-state index contributed by atoms with van der Waals surface area (Å²) in [6.45, 7) is 4.60. The maximum absolute atomic E-state index is 12.0. The number of carbonyl (C=O) groups excluding carboxylic acids is 1. The fraction of sp³-hybridized carbons (Fsp3) is 0.833. The van der Waals surface area contributed by atoms with E-state index in [-0.39, 0.29) is 11.3 Å². The molecular weight excluding hydrogens is 222 g/mol. The summed E-state index contributed by atoms with van der Waals surface area (Å²) in [5.41, 5.74) is -0.390. The predicted molar refractivity (Wildman–Crippen MR) is 62.6 cm³/mol. The number of nitrogens with one attached hydrogen (secondary N) is 1. The van der Waals surface area contributed by atoms with E-state index in [1.165, 1.54) is 6.92 Å². The van der Waals surface area contributed by atoms with E-state index in [4.69, 9.17) is 9.84 Å². The Labute approximate surface area is 102 Å². The van der Waals surface area contributed by atoms with E-state index in [1.807, 2.05) is 6.92 Å². The molecule has 1 saturated carbocycles. The number of hydrogen-bond acceptors (Lipinski definition) is 3. The molecule has 0 saturated heterocycles. The SMILES string of the molecule is CCOCCC1(C(=O)NC(C)C(=O)O)CCC1. The molecule has 1 atom stereocenters. The standard InChI is InChI=1S/C12H21NO4/c1-3-17-8-7-12(5-4-6-12)11(16)13-9(2)10(14)15/h9H,3-8H2,1-2H3,(H,13,16)(H,14,15). The van der Waals surface area contributed by atoms with Crippen molar-refractivity contribution >= 4 is 11.9 Å². The van der Waals surface area contributed by atoms with Crippen molar-refractivity contribution < 1.29 is 19.4 Å². The third-order valence-electron chi connectivity index (χ3n) is 3.44. The van der Waals surface area contributed by atoms with Gasteiger partial charge in [-0.1, -0.05) is 6.42 Å². The fourth-order valence-corrected chi connectivity index (χ4v) is 2.02. The molecule has 0 bridgehead atoms. The maximum atomic E-state index is 12.0. The topological polar surface area (TPSA) is 75.6 Å². The quantitative estimate of drug-likeness (QED) is 0.658. The second-order valence-corrected chi connectivity index (χ2v) is 4.61. The molecule has 5 nitrogen and oxygen atoms in total. The van der Waals surface area contributed by atoms with Crippen molar-refractivity contribution in [2.75, 3.05) is 13.2 Å². The minimum Gasteiger partial charge on any atom is -0.480 e. The Balaban J connectivity index is 2.48. The molecule has 1 rings (SSSR count). The molecule has 1 unspecified atom stereocenters. The molecule has 2 N–H and O–H groups in total. The molecule has 0 radical (unpaired) electrons. The highest BCUT2D eigenvalue weighted by Crippen LogP contribution is 2.44. The van der Waals surface area contributed by atoms with Gasteiger partial charge in [0.1, 0.15) is 6.04 Å². The van der Waals surface area contributed by atoms with Crippen LogP contribution in [0.15, 0.2) is 0 Å². The molecule has 0 heterocycles. The van der Waals surface area contributed by atoms with Crippen molar-refractivity contribution in [3.63, 3.8) is 0 Å². The van der Waals surface area contributed by atoms with Crippen LogP contribution >= 0.6 is 0 Å². The summed E-state index contributed by atoms with van der Waals surface area (Å²) >= 11 is 0. The molecule has 98 valence electrons. The van der Waals surface area contributed by atoms with Crippen LogP contribution in [0.5, 0.6) is 0 Å². The monoisotopic (exact) mass is 243 g/mol. The van der Waals surface area contributed by atoms with Crippen molar-refractivity contribution in [2.45, 2.75) is 45.6 Å². The fourth-order valence-electron chi connectivity index (χ4n) is 2.02. The summed E-state index contributed by atoms with van der Waals surface area (Å²) in [7, 11) is 0. The van der Waals surface area contributed by atoms with Crippen LogP contribution < -0.4 is 5.32 Å². The number of rotatable bonds is 7. The summed E-state index contributed by atoms with van der Waals surface area (Å²) in [6.07, 6.45) is 3.37. The molecule has 17 heavy (non-hydrogen) atoms. The Morgan fingerprint density at radius 3 is 2.53 bits per heavy atom. The van der Waals surface area contributed by atoms with Gasteiger partial charge < -0.3 is 15.2 Å². The summed E-state index contributed by atoms with van der Waals surface area (Å²) in [4.78, 5) is 22.7. The number of carbonyl (C=O) groups is 2. The molecule has 0 spiro atoms. The van der Waals surface area contributed by atoms with Crippen LogP contribution in [0.25, 0.3) is 0 Å². The van der Waals surface area contributed by atoms with Crippen LogP contribution in [0.1, 0.15) is 39.5 Å². The number of ether oxygens (including phenoxy) is 1. The minimum absolute atomic E-state index is 0.140. The zero-order chi connectivity index (χ0) is 12.9. The zero-order valence-electron chi connectivity index (χ0n) is 10.5. The predicted octanol–water partition coefficient (Wildman–Crippen LogP) is 1.17. The molecule has 0 aliphatic heterocycles. The second kappa shape index (κ2) is 6.00. The van der Waals surface area contributed by atoms with E-state index in [0.717, 1.165) is 19.3 Å². The Kier molecular flexibility index (Phi) is 4.93. The molecule has 0 aromatic carbocycles. The minimum atomic E-state index is -1.00. The van der Waals surface area contributed by atoms with Gasteiger partial charge in [0, 0.05) is 13.2 Å². The average Bonchev–Trinajstić information content (AvgIpc) is 2.21. The van der Waals surface area contributed by atoms with Crippen LogP contribution in [0.2, 0.25) is 0 Å². The molecule has 1 aliphatic carbocycles. The Bertz CT molecular complexity index is 286. The van der Waals surface area contributed by atoms with Crippen LogP contribution in [-0.2, 0) is 14.3 Å². The molecule has 0 aromatic rings. The first-order valence-corrected chi connectivity index (χ1v) is 6.13. The van der Waals surface area contributed by atoms with Gasteiger partial charge in [0.05, 0.1) is 5.41 Å². The van der Waals surface area contributed by atoms with Gasteiger partial charge in [-0.05, 0) is 33.1 Å². The van der Waals surface area contributed by atoms with Gasteiger partial charge in [-0.3, -0.25) is 9.59 Å². The van der Waals surface area contributed by atoms with E-state index < -0.39 is 12.0 Å². The van der Waals surface area contributed by atoms with E-state index in [0.29, 0.717) is 19.6 Å². The van der Waals surface area contributed by atoms with Gasteiger partial charge in [-0.15, -0.1) is 0 Å². The summed E-state index contributed by atoms with van der Waals surface area (Å²) < 4.78 is 5.27. The summed E-state index contributed by atoms with van der Waals surface area (Å²) in [5.74, 6) is -1.14. The van der Waals surface area contributed by atoms with Crippen molar-refractivity contribution in [2.24, 2.45) is 5.41 Å². The average molecular weight is 243 g/mol. The molecule has 1 amide bonds. The smallest absolute Gasteiger partial charge is 0.325 e. The number of amides is 1. The Hall–Kier alpha value is -1.10. The molecule has 1 aliphatic rings. The van der Waals surface area contributed by atoms with Gasteiger partial charge in [0.15, 0.2) is 0 Å². The molecule has 5 heteroatoms. The number of carboxylic acid groups (broad SMARTS) is 1. The van der Waals surface area contributed by atoms with E-state index in [2.05, 4.69) is 5.32 Å². The van der Waals surface area contributed by atoms with Gasteiger partial charge >= 0.3 is 5.97 Å². The van der Waals surface area contributed by atoms with Crippen LogP contribution in [0.3, 0.4) is 0 Å². The Morgan fingerprint density at radius 2 is 2.12 bits per heavy atom.